The lowest BCUT2D eigenvalue weighted by atomic mass is 9.67. The van der Waals surface area contributed by atoms with Crippen LogP contribution in [0.5, 0.6) is 0 Å². The van der Waals surface area contributed by atoms with Crippen LogP contribution in [0.1, 0.15) is 31.6 Å². The van der Waals surface area contributed by atoms with E-state index in [9.17, 15) is 0 Å². The molecule has 1 aromatic heterocycles. The predicted molar refractivity (Wildman–Crippen MR) is 65.2 cm³/mol. The van der Waals surface area contributed by atoms with E-state index in [2.05, 4.69) is 38.1 Å². The van der Waals surface area contributed by atoms with E-state index in [1.807, 2.05) is 6.26 Å². The van der Waals surface area contributed by atoms with Crippen molar-refractivity contribution >= 4 is 0 Å². The minimum absolute atomic E-state index is 0.330. The number of allylic oxidation sites excluding steroid dienone is 4. The highest BCUT2D eigenvalue weighted by atomic mass is 16.3. The van der Waals surface area contributed by atoms with Crippen molar-refractivity contribution in [1.82, 2.24) is 0 Å². The van der Waals surface area contributed by atoms with Crippen molar-refractivity contribution in [2.75, 3.05) is 0 Å². The first-order chi connectivity index (χ1) is 7.70. The van der Waals surface area contributed by atoms with Crippen LogP contribution in [0.25, 0.3) is 0 Å². The van der Waals surface area contributed by atoms with Gasteiger partial charge in [0.25, 0.3) is 0 Å². The maximum Gasteiger partial charge on any atom is 0.111 e. The van der Waals surface area contributed by atoms with Gasteiger partial charge in [0.2, 0.25) is 0 Å². The summed E-state index contributed by atoms with van der Waals surface area (Å²) in [5.74, 6) is 1.81. The van der Waals surface area contributed by atoms with Crippen LogP contribution in [0.4, 0.5) is 0 Å². The lowest BCUT2D eigenvalue weighted by Crippen LogP contribution is -2.28. The van der Waals surface area contributed by atoms with Gasteiger partial charge in [-0.2, -0.15) is 0 Å². The molecule has 2 aliphatic carbocycles. The second-order valence-electron chi connectivity index (χ2n) is 5.33. The van der Waals surface area contributed by atoms with E-state index < -0.39 is 0 Å². The third-order valence-electron chi connectivity index (χ3n) is 4.54. The van der Waals surface area contributed by atoms with Crippen molar-refractivity contribution in [3.8, 4) is 0 Å². The summed E-state index contributed by atoms with van der Waals surface area (Å²) < 4.78 is 5.60. The van der Waals surface area contributed by atoms with Crippen molar-refractivity contribution < 1.29 is 4.42 Å². The van der Waals surface area contributed by atoms with Gasteiger partial charge in [-0.15, -0.1) is 0 Å². The van der Waals surface area contributed by atoms with Gasteiger partial charge < -0.3 is 4.42 Å². The van der Waals surface area contributed by atoms with E-state index in [1.165, 1.54) is 23.3 Å². The van der Waals surface area contributed by atoms with Crippen LogP contribution >= 0.6 is 0 Å². The molecule has 16 heavy (non-hydrogen) atoms. The zero-order valence-corrected chi connectivity index (χ0v) is 9.99. The largest absolute Gasteiger partial charge is 0.469 e. The molecule has 3 rings (SSSR count). The van der Waals surface area contributed by atoms with E-state index in [0.717, 1.165) is 12.8 Å². The number of hydrogen-bond acceptors (Lipinski definition) is 1. The van der Waals surface area contributed by atoms with Gasteiger partial charge in [-0.1, -0.05) is 37.6 Å². The fraction of sp³-hybridized carbons (Fsp3) is 0.467. The highest BCUT2D eigenvalue weighted by molar-refractivity contribution is 5.35. The Balaban J connectivity index is 2.04. The molecule has 84 valence electrons. The Morgan fingerprint density at radius 3 is 3.19 bits per heavy atom. The summed E-state index contributed by atoms with van der Waals surface area (Å²) in [4.78, 5) is 0. The van der Waals surface area contributed by atoms with Gasteiger partial charge >= 0.3 is 0 Å². The lowest BCUT2D eigenvalue weighted by molar-refractivity contribution is 0.275. The van der Waals surface area contributed by atoms with Crippen molar-refractivity contribution in [2.45, 2.75) is 33.1 Å². The smallest absolute Gasteiger partial charge is 0.111 e. The van der Waals surface area contributed by atoms with Gasteiger partial charge in [-0.05, 0) is 35.8 Å². The van der Waals surface area contributed by atoms with Crippen LogP contribution in [0.2, 0.25) is 0 Å². The molecule has 0 amide bonds. The number of rotatable bonds is 0. The Labute approximate surface area is 96.8 Å². The first kappa shape index (κ1) is 9.95. The second-order valence-corrected chi connectivity index (χ2v) is 5.33. The molecular weight excluding hydrogens is 196 g/mol. The molecular formula is C15H18O. The van der Waals surface area contributed by atoms with Gasteiger partial charge in [0.15, 0.2) is 0 Å². The number of hydrogen-bond donors (Lipinski definition) is 0. The van der Waals surface area contributed by atoms with Crippen molar-refractivity contribution in [3.05, 3.63) is 47.5 Å². The number of furan rings is 1. The van der Waals surface area contributed by atoms with E-state index in [0.29, 0.717) is 11.3 Å². The molecule has 1 aromatic rings. The normalized spacial score (nSPS) is 32.6. The van der Waals surface area contributed by atoms with Gasteiger partial charge in [-0.25, -0.2) is 0 Å². The topological polar surface area (TPSA) is 13.1 Å². The third-order valence-corrected chi connectivity index (χ3v) is 4.54. The van der Waals surface area contributed by atoms with Crippen LogP contribution in [0.3, 0.4) is 0 Å². The maximum atomic E-state index is 5.60. The van der Waals surface area contributed by atoms with Crippen LogP contribution in [-0.2, 0) is 12.8 Å². The molecule has 0 spiro atoms. The van der Waals surface area contributed by atoms with E-state index in [4.69, 9.17) is 4.42 Å². The zero-order chi connectivity index (χ0) is 11.2. The third kappa shape index (κ3) is 1.31. The Morgan fingerprint density at radius 1 is 1.44 bits per heavy atom. The van der Waals surface area contributed by atoms with Crippen molar-refractivity contribution in [3.63, 3.8) is 0 Å². The SMILES string of the molecule is C[C@H]1C=CC=C2Cc3occc3CC[C@@]21C. The van der Waals surface area contributed by atoms with Gasteiger partial charge in [0.1, 0.15) is 5.76 Å². The Hall–Kier alpha value is -1.24. The minimum atomic E-state index is 0.330. The van der Waals surface area contributed by atoms with Crippen LogP contribution in [0.15, 0.2) is 40.5 Å². The summed E-state index contributed by atoms with van der Waals surface area (Å²) in [5.41, 5.74) is 3.27. The first-order valence-corrected chi connectivity index (χ1v) is 6.13. The number of aryl methyl sites for hydroxylation is 1. The highest BCUT2D eigenvalue weighted by Crippen LogP contribution is 2.46. The Bertz CT molecular complexity index is 464. The number of fused-ring (bicyclic) bond motifs is 2. The molecule has 0 saturated heterocycles. The predicted octanol–water partition coefficient (Wildman–Crippen LogP) is 3.91. The summed E-state index contributed by atoms with van der Waals surface area (Å²) >= 11 is 0. The molecule has 0 fully saturated rings. The molecule has 1 nitrogen and oxygen atoms in total. The van der Waals surface area contributed by atoms with Gasteiger partial charge in [-0.3, -0.25) is 0 Å². The quantitative estimate of drug-likeness (QED) is 0.638. The molecule has 0 aliphatic heterocycles. The van der Waals surface area contributed by atoms with Crippen LogP contribution in [0, 0.1) is 11.3 Å². The molecule has 0 saturated carbocycles. The molecule has 0 bridgehead atoms. The maximum absolute atomic E-state index is 5.60. The first-order valence-electron chi connectivity index (χ1n) is 6.13. The van der Waals surface area contributed by atoms with Gasteiger partial charge in [0, 0.05) is 6.42 Å². The Kier molecular flexibility index (Phi) is 2.10. The molecule has 2 atom stereocenters. The van der Waals surface area contributed by atoms with Crippen molar-refractivity contribution in [1.29, 1.82) is 0 Å². The average Bonchev–Trinajstić information content (AvgIpc) is 2.65. The van der Waals surface area contributed by atoms with E-state index >= 15 is 0 Å². The molecule has 2 aliphatic rings. The van der Waals surface area contributed by atoms with Crippen molar-refractivity contribution in [2.24, 2.45) is 11.3 Å². The zero-order valence-electron chi connectivity index (χ0n) is 9.99. The molecule has 0 unspecified atom stereocenters. The standard InChI is InChI=1S/C15H18O/c1-11-4-3-5-13-10-14-12(7-9-16-14)6-8-15(11,13)2/h3-5,7,9,11H,6,8,10H2,1-2H3/t11-,15+/m0/s1. The molecule has 1 heteroatoms. The second kappa shape index (κ2) is 3.38. The monoisotopic (exact) mass is 214 g/mol. The summed E-state index contributed by atoms with van der Waals surface area (Å²) in [7, 11) is 0. The van der Waals surface area contributed by atoms with Crippen LogP contribution in [-0.4, -0.2) is 0 Å². The molecule has 0 aromatic carbocycles. The van der Waals surface area contributed by atoms with Crippen LogP contribution < -0.4 is 0 Å². The fourth-order valence-corrected chi connectivity index (χ4v) is 2.99. The molecule has 0 N–H and O–H groups in total. The fourth-order valence-electron chi connectivity index (χ4n) is 2.99. The summed E-state index contributed by atoms with van der Waals surface area (Å²) in [5, 5.41) is 0. The van der Waals surface area contributed by atoms with E-state index in [1.54, 1.807) is 0 Å². The molecule has 0 radical (unpaired) electrons. The Morgan fingerprint density at radius 2 is 2.31 bits per heavy atom. The lowest BCUT2D eigenvalue weighted by Gasteiger charge is -2.37. The average molecular weight is 214 g/mol. The van der Waals surface area contributed by atoms with E-state index in [-0.39, 0.29) is 0 Å². The molecule has 1 heterocycles. The highest BCUT2D eigenvalue weighted by Gasteiger charge is 2.37. The summed E-state index contributed by atoms with van der Waals surface area (Å²) in [6.07, 6.45) is 12.0. The van der Waals surface area contributed by atoms with Gasteiger partial charge in [0.05, 0.1) is 6.26 Å². The summed E-state index contributed by atoms with van der Waals surface area (Å²) in [6.45, 7) is 4.73. The summed E-state index contributed by atoms with van der Waals surface area (Å²) in [6, 6.07) is 2.13. The minimum Gasteiger partial charge on any atom is -0.469 e.